The highest BCUT2D eigenvalue weighted by atomic mass is 35.5. The second-order valence-electron chi connectivity index (χ2n) is 4.79. The minimum absolute atomic E-state index is 0.0236. The molecule has 0 bridgehead atoms. The van der Waals surface area contributed by atoms with Crippen LogP contribution in [0.1, 0.15) is 19.4 Å². The Labute approximate surface area is 134 Å². The molecular formula is C15H20ClNO3S. The summed E-state index contributed by atoms with van der Waals surface area (Å²) in [5.74, 6) is -0.368. The van der Waals surface area contributed by atoms with Gasteiger partial charge >= 0.3 is 5.97 Å². The molecule has 21 heavy (non-hydrogen) atoms. The highest BCUT2D eigenvalue weighted by Crippen LogP contribution is 2.16. The number of carboxylic acid groups (broad SMARTS) is 1. The van der Waals surface area contributed by atoms with E-state index in [9.17, 15) is 9.59 Å². The van der Waals surface area contributed by atoms with Crippen LogP contribution in [-0.4, -0.2) is 40.7 Å². The zero-order valence-corrected chi connectivity index (χ0v) is 13.8. The summed E-state index contributed by atoms with van der Waals surface area (Å²) >= 11 is 7.33. The molecular weight excluding hydrogens is 310 g/mol. The minimum atomic E-state index is -0.880. The molecule has 1 N–H and O–H groups in total. The molecule has 4 nitrogen and oxygen atoms in total. The van der Waals surface area contributed by atoms with Crippen molar-refractivity contribution in [2.75, 3.05) is 18.8 Å². The number of amides is 1. The zero-order valence-electron chi connectivity index (χ0n) is 12.2. The lowest BCUT2D eigenvalue weighted by molar-refractivity contribution is -0.142. The number of carbonyl (C=O) groups is 2. The normalized spacial score (nSPS) is 12.0. The topological polar surface area (TPSA) is 57.6 Å². The van der Waals surface area contributed by atoms with Crippen LogP contribution >= 0.6 is 23.4 Å². The van der Waals surface area contributed by atoms with Crippen LogP contribution < -0.4 is 0 Å². The van der Waals surface area contributed by atoms with Crippen LogP contribution in [0.25, 0.3) is 0 Å². The molecule has 1 amide bonds. The van der Waals surface area contributed by atoms with E-state index in [4.69, 9.17) is 16.7 Å². The van der Waals surface area contributed by atoms with Gasteiger partial charge in [-0.3, -0.25) is 9.59 Å². The van der Waals surface area contributed by atoms with E-state index in [0.717, 1.165) is 11.3 Å². The summed E-state index contributed by atoms with van der Waals surface area (Å²) in [5, 5.41) is 9.60. The van der Waals surface area contributed by atoms with Crippen LogP contribution in [0.4, 0.5) is 0 Å². The number of nitrogens with zero attached hydrogens (tertiary/aromatic N) is 1. The number of halogens is 1. The second-order valence-corrected chi connectivity index (χ2v) is 6.21. The second kappa shape index (κ2) is 8.95. The summed E-state index contributed by atoms with van der Waals surface area (Å²) in [6, 6.07) is 7.52. The predicted octanol–water partition coefficient (Wildman–Crippen LogP) is 3.14. The molecule has 1 unspecified atom stereocenters. The predicted molar refractivity (Wildman–Crippen MR) is 86.7 cm³/mol. The Kier molecular flexibility index (Phi) is 7.61. The lowest BCUT2D eigenvalue weighted by Crippen LogP contribution is -2.37. The van der Waals surface area contributed by atoms with Gasteiger partial charge in [0, 0.05) is 23.9 Å². The molecule has 1 aromatic carbocycles. The quantitative estimate of drug-likeness (QED) is 0.796. The molecule has 0 radical (unpaired) electrons. The number of carboxylic acids is 1. The van der Waals surface area contributed by atoms with Gasteiger partial charge in [-0.15, -0.1) is 11.8 Å². The van der Waals surface area contributed by atoms with Crippen molar-refractivity contribution in [1.82, 2.24) is 4.90 Å². The van der Waals surface area contributed by atoms with Crippen LogP contribution in [0.5, 0.6) is 0 Å². The van der Waals surface area contributed by atoms with Crippen molar-refractivity contribution in [3.05, 3.63) is 34.9 Å². The first-order chi connectivity index (χ1) is 9.93. The molecule has 0 saturated carbocycles. The number of hydrogen-bond acceptors (Lipinski definition) is 3. The Morgan fingerprint density at radius 3 is 2.48 bits per heavy atom. The van der Waals surface area contributed by atoms with E-state index in [0.29, 0.717) is 17.3 Å². The maximum absolute atomic E-state index is 12.1. The van der Waals surface area contributed by atoms with E-state index < -0.39 is 11.9 Å². The molecule has 1 atom stereocenters. The van der Waals surface area contributed by atoms with Gasteiger partial charge in [-0.05, 0) is 24.6 Å². The van der Waals surface area contributed by atoms with Gasteiger partial charge in [0.05, 0.1) is 11.7 Å². The molecule has 1 rings (SSSR count). The first kappa shape index (κ1) is 17.9. The first-order valence-electron chi connectivity index (χ1n) is 6.76. The number of aliphatic carboxylic acids is 1. The molecule has 0 aromatic heterocycles. The average molecular weight is 330 g/mol. The third kappa shape index (κ3) is 6.40. The summed E-state index contributed by atoms with van der Waals surface area (Å²) in [6.07, 6.45) is 0. The van der Waals surface area contributed by atoms with E-state index in [-0.39, 0.29) is 12.5 Å². The van der Waals surface area contributed by atoms with Crippen molar-refractivity contribution >= 4 is 35.2 Å². The Morgan fingerprint density at radius 2 is 1.95 bits per heavy atom. The maximum atomic E-state index is 12.1. The summed E-state index contributed by atoms with van der Waals surface area (Å²) in [7, 11) is 0. The van der Waals surface area contributed by atoms with Crippen molar-refractivity contribution in [3.63, 3.8) is 0 Å². The Bertz CT molecular complexity index is 478. The molecule has 0 saturated heterocycles. The summed E-state index contributed by atoms with van der Waals surface area (Å²) in [5.41, 5.74) is 1.11. The van der Waals surface area contributed by atoms with E-state index in [1.54, 1.807) is 11.8 Å². The van der Waals surface area contributed by atoms with E-state index in [1.807, 2.05) is 31.2 Å². The number of carbonyl (C=O) groups excluding carboxylic acids is 1. The molecule has 116 valence electrons. The third-order valence-electron chi connectivity index (χ3n) is 3.06. The number of rotatable bonds is 8. The van der Waals surface area contributed by atoms with Gasteiger partial charge in [0.1, 0.15) is 0 Å². The van der Waals surface area contributed by atoms with Gasteiger partial charge in [-0.1, -0.05) is 30.7 Å². The van der Waals surface area contributed by atoms with Crippen LogP contribution in [0, 0.1) is 5.92 Å². The molecule has 0 heterocycles. The lowest BCUT2D eigenvalue weighted by atomic mass is 10.2. The first-order valence-corrected chi connectivity index (χ1v) is 8.30. The van der Waals surface area contributed by atoms with Gasteiger partial charge < -0.3 is 10.0 Å². The summed E-state index contributed by atoms with van der Waals surface area (Å²) < 4.78 is 0. The summed E-state index contributed by atoms with van der Waals surface area (Å²) in [4.78, 5) is 24.5. The van der Waals surface area contributed by atoms with Crippen molar-refractivity contribution < 1.29 is 14.7 Å². The van der Waals surface area contributed by atoms with E-state index in [1.165, 1.54) is 11.8 Å². The fourth-order valence-corrected chi connectivity index (χ4v) is 2.76. The van der Waals surface area contributed by atoms with Crippen LogP contribution in [-0.2, 0) is 15.3 Å². The van der Waals surface area contributed by atoms with Crippen molar-refractivity contribution in [3.8, 4) is 0 Å². The molecule has 6 heteroatoms. The standard InChI is InChI=1S/C15H20ClNO3S/c1-3-17(8-11(2)15(19)20)14(18)10-21-9-12-4-6-13(16)7-5-12/h4-7,11H,3,8-10H2,1-2H3,(H,19,20). The molecule has 0 spiro atoms. The van der Waals surface area contributed by atoms with Crippen LogP contribution in [0.15, 0.2) is 24.3 Å². The van der Waals surface area contributed by atoms with Crippen molar-refractivity contribution in [2.45, 2.75) is 19.6 Å². The average Bonchev–Trinajstić information content (AvgIpc) is 2.46. The van der Waals surface area contributed by atoms with E-state index >= 15 is 0 Å². The fourth-order valence-electron chi connectivity index (χ4n) is 1.74. The molecule has 1 aromatic rings. The molecule has 0 fully saturated rings. The SMILES string of the molecule is CCN(CC(C)C(=O)O)C(=O)CSCc1ccc(Cl)cc1. The molecule has 0 aliphatic rings. The molecule has 0 aliphatic heterocycles. The Hall–Kier alpha value is -1.20. The smallest absolute Gasteiger partial charge is 0.308 e. The highest BCUT2D eigenvalue weighted by Gasteiger charge is 2.19. The highest BCUT2D eigenvalue weighted by molar-refractivity contribution is 7.99. The fraction of sp³-hybridized carbons (Fsp3) is 0.467. The number of hydrogen-bond donors (Lipinski definition) is 1. The van der Waals surface area contributed by atoms with Gasteiger partial charge in [0.2, 0.25) is 5.91 Å². The van der Waals surface area contributed by atoms with Gasteiger partial charge in [-0.2, -0.15) is 0 Å². The maximum Gasteiger partial charge on any atom is 0.308 e. The van der Waals surface area contributed by atoms with Crippen molar-refractivity contribution in [1.29, 1.82) is 0 Å². The zero-order chi connectivity index (χ0) is 15.8. The monoisotopic (exact) mass is 329 g/mol. The largest absolute Gasteiger partial charge is 0.481 e. The van der Waals surface area contributed by atoms with Crippen molar-refractivity contribution in [2.24, 2.45) is 5.92 Å². The Morgan fingerprint density at radius 1 is 1.33 bits per heavy atom. The minimum Gasteiger partial charge on any atom is -0.481 e. The number of benzene rings is 1. The summed E-state index contributed by atoms with van der Waals surface area (Å²) in [6.45, 7) is 4.25. The van der Waals surface area contributed by atoms with Gasteiger partial charge in [0.25, 0.3) is 0 Å². The van der Waals surface area contributed by atoms with Crippen LogP contribution in [0.3, 0.4) is 0 Å². The third-order valence-corrected chi connectivity index (χ3v) is 4.30. The van der Waals surface area contributed by atoms with Gasteiger partial charge in [-0.25, -0.2) is 0 Å². The van der Waals surface area contributed by atoms with E-state index in [2.05, 4.69) is 0 Å². The lowest BCUT2D eigenvalue weighted by Gasteiger charge is -2.22. The Balaban J connectivity index is 2.40. The number of thioether (sulfide) groups is 1. The van der Waals surface area contributed by atoms with Gasteiger partial charge in [0.15, 0.2) is 0 Å². The van der Waals surface area contributed by atoms with Crippen LogP contribution in [0.2, 0.25) is 5.02 Å². The molecule has 0 aliphatic carbocycles.